The van der Waals surface area contributed by atoms with Crippen molar-refractivity contribution < 1.29 is 19.6 Å². The number of nitrogens with zero attached hydrogens (tertiary/aromatic N) is 1. The van der Waals surface area contributed by atoms with Crippen molar-refractivity contribution in [1.29, 1.82) is 0 Å². The van der Waals surface area contributed by atoms with E-state index in [0.29, 0.717) is 5.75 Å². The molecule has 0 spiro atoms. The Bertz CT molecular complexity index is 702. The number of carbonyl (C=O) groups is 1. The summed E-state index contributed by atoms with van der Waals surface area (Å²) in [7, 11) is 0. The molecule has 1 N–H and O–H groups in total. The number of aromatic carboxylic acids is 1. The fraction of sp³-hybridized carbons (Fsp3) is 0.0714. The first-order valence-electron chi connectivity index (χ1n) is 5.87. The molecule has 0 unspecified atom stereocenters. The highest BCUT2D eigenvalue weighted by Gasteiger charge is 2.23. The number of hydrogen-bond donors (Lipinski definition) is 1. The van der Waals surface area contributed by atoms with Crippen molar-refractivity contribution in [2.45, 2.75) is 6.61 Å². The van der Waals surface area contributed by atoms with E-state index in [-0.39, 0.29) is 17.7 Å². The summed E-state index contributed by atoms with van der Waals surface area (Å²) in [4.78, 5) is 21.4. The lowest BCUT2D eigenvalue weighted by Gasteiger charge is -2.09. The molecule has 0 aromatic heterocycles. The van der Waals surface area contributed by atoms with Gasteiger partial charge in [0.2, 0.25) is 0 Å². The third-order valence-electron chi connectivity index (χ3n) is 2.73. The van der Waals surface area contributed by atoms with Crippen LogP contribution in [0.1, 0.15) is 15.9 Å². The van der Waals surface area contributed by atoms with Crippen LogP contribution in [0.25, 0.3) is 0 Å². The van der Waals surface area contributed by atoms with E-state index in [0.717, 1.165) is 10.5 Å². The van der Waals surface area contributed by atoms with Crippen LogP contribution in [0.5, 0.6) is 5.75 Å². The van der Waals surface area contributed by atoms with E-state index in [2.05, 4.69) is 15.9 Å². The molecule has 0 atom stereocenters. The molecule has 2 aromatic rings. The molecule has 0 aliphatic heterocycles. The smallest absolute Gasteiger partial charge is 0.343 e. The van der Waals surface area contributed by atoms with Crippen LogP contribution in [-0.4, -0.2) is 16.0 Å². The van der Waals surface area contributed by atoms with E-state index in [4.69, 9.17) is 9.84 Å². The average molecular weight is 352 g/mol. The minimum atomic E-state index is -1.35. The van der Waals surface area contributed by atoms with Crippen LogP contribution in [0.4, 0.5) is 5.69 Å². The zero-order valence-corrected chi connectivity index (χ0v) is 12.2. The van der Waals surface area contributed by atoms with Crippen LogP contribution < -0.4 is 4.74 Å². The van der Waals surface area contributed by atoms with Crippen LogP contribution in [0.2, 0.25) is 0 Å². The molecule has 108 valence electrons. The van der Waals surface area contributed by atoms with Gasteiger partial charge in [0, 0.05) is 16.1 Å². The maximum Gasteiger partial charge on any atom is 0.343 e. The Morgan fingerprint density at radius 1 is 1.29 bits per heavy atom. The summed E-state index contributed by atoms with van der Waals surface area (Å²) in [5.74, 6) is -0.817. The van der Waals surface area contributed by atoms with Crippen molar-refractivity contribution in [3.63, 3.8) is 0 Å². The molecule has 2 rings (SSSR count). The van der Waals surface area contributed by atoms with Crippen molar-refractivity contribution in [1.82, 2.24) is 0 Å². The Morgan fingerprint density at radius 2 is 2.00 bits per heavy atom. The number of carboxylic acids is 1. The minimum absolute atomic E-state index is 0.0697. The summed E-state index contributed by atoms with van der Waals surface area (Å²) in [6.45, 7) is -0.0697. The first kappa shape index (κ1) is 15.0. The number of ether oxygens (including phenoxy) is 1. The number of hydrogen-bond acceptors (Lipinski definition) is 4. The topological polar surface area (TPSA) is 89.7 Å². The third kappa shape index (κ3) is 3.57. The van der Waals surface area contributed by atoms with Crippen LogP contribution in [-0.2, 0) is 6.61 Å². The Kier molecular flexibility index (Phi) is 4.54. The quantitative estimate of drug-likeness (QED) is 0.656. The number of nitro groups is 1. The van der Waals surface area contributed by atoms with Crippen LogP contribution in [0.3, 0.4) is 0 Å². The number of benzene rings is 2. The first-order valence-corrected chi connectivity index (χ1v) is 6.66. The zero-order valence-electron chi connectivity index (χ0n) is 10.7. The third-order valence-corrected chi connectivity index (χ3v) is 3.22. The maximum absolute atomic E-state index is 11.2. The van der Waals surface area contributed by atoms with Gasteiger partial charge in [-0.25, -0.2) is 4.79 Å². The fourth-order valence-corrected chi connectivity index (χ4v) is 2.20. The van der Waals surface area contributed by atoms with Gasteiger partial charge < -0.3 is 9.84 Å². The maximum atomic E-state index is 11.2. The highest BCUT2D eigenvalue weighted by atomic mass is 79.9. The molecule has 0 heterocycles. The van der Waals surface area contributed by atoms with Gasteiger partial charge in [-0.15, -0.1) is 0 Å². The summed E-state index contributed by atoms with van der Waals surface area (Å²) < 4.78 is 6.30. The second-order valence-corrected chi connectivity index (χ2v) is 5.04. The Balaban J connectivity index is 2.30. The SMILES string of the molecule is O=C(O)c1c(COc2cccc(Br)c2)cccc1[N+](=O)[O-]. The molecule has 0 radical (unpaired) electrons. The molecule has 0 bridgehead atoms. The van der Waals surface area contributed by atoms with Gasteiger partial charge in [-0.2, -0.15) is 0 Å². The molecule has 0 aliphatic carbocycles. The van der Waals surface area contributed by atoms with Crippen LogP contribution >= 0.6 is 15.9 Å². The molecule has 0 aliphatic rings. The van der Waals surface area contributed by atoms with Gasteiger partial charge in [0.25, 0.3) is 5.69 Å². The molecule has 0 saturated heterocycles. The van der Waals surface area contributed by atoms with E-state index in [1.807, 2.05) is 6.07 Å². The molecule has 6 nitrogen and oxygen atoms in total. The fourth-order valence-electron chi connectivity index (χ4n) is 1.82. The molecule has 0 fully saturated rings. The van der Waals surface area contributed by atoms with Gasteiger partial charge in [-0.3, -0.25) is 10.1 Å². The molecule has 21 heavy (non-hydrogen) atoms. The second kappa shape index (κ2) is 6.36. The van der Waals surface area contributed by atoms with Gasteiger partial charge in [0.1, 0.15) is 17.9 Å². The van der Waals surface area contributed by atoms with Crippen molar-refractivity contribution in [3.8, 4) is 5.75 Å². The predicted molar refractivity (Wildman–Crippen MR) is 78.5 cm³/mol. The van der Waals surface area contributed by atoms with Crippen molar-refractivity contribution in [2.24, 2.45) is 0 Å². The van der Waals surface area contributed by atoms with E-state index in [9.17, 15) is 14.9 Å². The van der Waals surface area contributed by atoms with Gasteiger partial charge in [-0.1, -0.05) is 34.1 Å². The summed E-state index contributed by atoms with van der Waals surface area (Å²) >= 11 is 3.29. The molecular formula is C14H10BrNO5. The Morgan fingerprint density at radius 3 is 2.62 bits per heavy atom. The first-order chi connectivity index (χ1) is 9.99. The lowest BCUT2D eigenvalue weighted by molar-refractivity contribution is -0.385. The molecular weight excluding hydrogens is 342 g/mol. The summed E-state index contributed by atoms with van der Waals surface area (Å²) in [6.07, 6.45) is 0. The molecule has 2 aromatic carbocycles. The van der Waals surface area contributed by atoms with Gasteiger partial charge in [0.15, 0.2) is 0 Å². The van der Waals surface area contributed by atoms with E-state index >= 15 is 0 Å². The summed E-state index contributed by atoms with van der Waals surface area (Å²) in [6, 6.07) is 11.1. The van der Waals surface area contributed by atoms with Crippen molar-refractivity contribution in [2.75, 3.05) is 0 Å². The molecule has 0 saturated carbocycles. The summed E-state index contributed by atoms with van der Waals surface area (Å²) in [5, 5.41) is 20.1. The lowest BCUT2D eigenvalue weighted by atomic mass is 10.1. The molecule has 0 amide bonds. The number of halogens is 1. The van der Waals surface area contributed by atoms with Gasteiger partial charge in [0.05, 0.1) is 4.92 Å². The monoisotopic (exact) mass is 351 g/mol. The second-order valence-electron chi connectivity index (χ2n) is 4.12. The van der Waals surface area contributed by atoms with E-state index in [1.165, 1.54) is 12.1 Å². The molecule has 7 heteroatoms. The number of carboxylic acid groups (broad SMARTS) is 1. The minimum Gasteiger partial charge on any atom is -0.489 e. The van der Waals surface area contributed by atoms with Crippen molar-refractivity contribution >= 4 is 27.6 Å². The van der Waals surface area contributed by atoms with Crippen LogP contribution in [0, 0.1) is 10.1 Å². The normalized spacial score (nSPS) is 10.1. The Labute approximate surface area is 128 Å². The Hall–Kier alpha value is -2.41. The van der Waals surface area contributed by atoms with Crippen molar-refractivity contribution in [3.05, 3.63) is 68.2 Å². The number of rotatable bonds is 5. The average Bonchev–Trinajstić information content (AvgIpc) is 2.44. The van der Waals surface area contributed by atoms with Crippen LogP contribution in [0.15, 0.2) is 46.9 Å². The largest absolute Gasteiger partial charge is 0.489 e. The van der Waals surface area contributed by atoms with Gasteiger partial charge >= 0.3 is 5.97 Å². The van der Waals surface area contributed by atoms with Gasteiger partial charge in [-0.05, 0) is 18.2 Å². The highest BCUT2D eigenvalue weighted by Crippen LogP contribution is 2.24. The lowest BCUT2D eigenvalue weighted by Crippen LogP contribution is -2.09. The highest BCUT2D eigenvalue weighted by molar-refractivity contribution is 9.10. The zero-order chi connectivity index (χ0) is 15.4. The number of nitro benzene ring substituents is 1. The standard InChI is InChI=1S/C14H10BrNO5/c15-10-4-2-5-11(7-10)21-8-9-3-1-6-12(16(19)20)13(9)14(17)18/h1-7H,8H2,(H,17,18). The predicted octanol–water partition coefficient (Wildman–Crippen LogP) is 3.63. The summed E-state index contributed by atoms with van der Waals surface area (Å²) in [5.41, 5.74) is -0.549. The van der Waals surface area contributed by atoms with E-state index in [1.54, 1.807) is 18.2 Å². The van der Waals surface area contributed by atoms with E-state index < -0.39 is 16.6 Å².